The molecule has 1 aliphatic heterocycles. The van der Waals surface area contributed by atoms with Gasteiger partial charge in [0.15, 0.2) is 0 Å². The summed E-state index contributed by atoms with van der Waals surface area (Å²) in [5, 5.41) is 13.3. The minimum Gasteiger partial charge on any atom is -0.388 e. The molecular formula is C22H33N3O3. The lowest BCUT2D eigenvalue weighted by Crippen LogP contribution is -2.50. The van der Waals surface area contributed by atoms with Gasteiger partial charge in [0.1, 0.15) is 0 Å². The summed E-state index contributed by atoms with van der Waals surface area (Å²) in [4.78, 5) is 28.6. The number of aliphatic hydroxyl groups is 1. The first-order chi connectivity index (χ1) is 13.5. The van der Waals surface area contributed by atoms with Crippen molar-refractivity contribution in [3.05, 3.63) is 35.9 Å². The van der Waals surface area contributed by atoms with Crippen molar-refractivity contribution >= 4 is 11.9 Å². The van der Waals surface area contributed by atoms with Gasteiger partial charge in [-0.3, -0.25) is 4.79 Å². The van der Waals surface area contributed by atoms with Crippen LogP contribution in [-0.4, -0.2) is 59.6 Å². The van der Waals surface area contributed by atoms with E-state index < -0.39 is 6.10 Å². The molecule has 0 bridgehead atoms. The number of benzene rings is 1. The van der Waals surface area contributed by atoms with Gasteiger partial charge in [0.25, 0.3) is 0 Å². The normalized spacial score (nSPS) is 19.4. The summed E-state index contributed by atoms with van der Waals surface area (Å²) in [7, 11) is 1.76. The second-order valence-corrected chi connectivity index (χ2v) is 8.17. The SMILES string of the molecule is CN(CC[C@@H](O)c1ccccc1)C(=O)NC1CCN(C(=O)C2CCCC2)CC1. The molecule has 1 aliphatic carbocycles. The molecule has 1 aromatic carbocycles. The van der Waals surface area contributed by atoms with Crippen LogP contribution in [0.4, 0.5) is 4.79 Å². The molecule has 154 valence electrons. The molecule has 1 aromatic rings. The summed E-state index contributed by atoms with van der Waals surface area (Å²) in [6, 6.07) is 9.51. The van der Waals surface area contributed by atoms with Crippen LogP contribution < -0.4 is 5.32 Å². The zero-order valence-electron chi connectivity index (χ0n) is 16.8. The number of carbonyl (C=O) groups is 2. The van der Waals surface area contributed by atoms with Gasteiger partial charge < -0.3 is 20.2 Å². The number of rotatable bonds is 6. The molecule has 28 heavy (non-hydrogen) atoms. The quantitative estimate of drug-likeness (QED) is 0.788. The predicted octanol–water partition coefficient (Wildman–Crippen LogP) is 2.93. The molecule has 1 atom stereocenters. The zero-order chi connectivity index (χ0) is 19.9. The van der Waals surface area contributed by atoms with E-state index in [0.29, 0.717) is 18.9 Å². The first-order valence-corrected chi connectivity index (χ1v) is 10.6. The molecule has 0 radical (unpaired) electrons. The Kier molecular flexibility index (Phi) is 7.31. The van der Waals surface area contributed by atoms with Crippen molar-refractivity contribution in [1.82, 2.24) is 15.1 Å². The Labute approximate surface area is 167 Å². The van der Waals surface area contributed by atoms with Crippen molar-refractivity contribution in [3.8, 4) is 0 Å². The van der Waals surface area contributed by atoms with Crippen molar-refractivity contribution in [3.63, 3.8) is 0 Å². The van der Waals surface area contributed by atoms with Gasteiger partial charge >= 0.3 is 6.03 Å². The molecule has 2 aliphatic rings. The molecule has 0 unspecified atom stereocenters. The summed E-state index contributed by atoms with van der Waals surface area (Å²) in [5.74, 6) is 0.544. The Morgan fingerprint density at radius 2 is 1.79 bits per heavy atom. The van der Waals surface area contributed by atoms with Crippen molar-refractivity contribution < 1.29 is 14.7 Å². The molecule has 2 fully saturated rings. The van der Waals surface area contributed by atoms with Gasteiger partial charge in [0.2, 0.25) is 5.91 Å². The fraction of sp³-hybridized carbons (Fsp3) is 0.636. The monoisotopic (exact) mass is 387 g/mol. The Morgan fingerprint density at radius 3 is 2.43 bits per heavy atom. The number of nitrogens with one attached hydrogen (secondary N) is 1. The van der Waals surface area contributed by atoms with Gasteiger partial charge in [0, 0.05) is 38.6 Å². The third-order valence-corrected chi connectivity index (χ3v) is 6.11. The maximum atomic E-state index is 12.5. The first kappa shape index (κ1) is 20.6. The Morgan fingerprint density at radius 1 is 1.14 bits per heavy atom. The van der Waals surface area contributed by atoms with Gasteiger partial charge in [0.05, 0.1) is 6.10 Å². The lowest BCUT2D eigenvalue weighted by molar-refractivity contribution is -0.136. The van der Waals surface area contributed by atoms with E-state index in [1.807, 2.05) is 35.2 Å². The maximum absolute atomic E-state index is 12.5. The third-order valence-electron chi connectivity index (χ3n) is 6.11. The maximum Gasteiger partial charge on any atom is 0.317 e. The average molecular weight is 388 g/mol. The number of hydrogen-bond donors (Lipinski definition) is 2. The number of amides is 3. The van der Waals surface area contributed by atoms with Crippen molar-refractivity contribution in [2.45, 2.75) is 57.1 Å². The lowest BCUT2D eigenvalue weighted by Gasteiger charge is -2.34. The highest BCUT2D eigenvalue weighted by molar-refractivity contribution is 5.79. The Hall–Kier alpha value is -2.08. The van der Waals surface area contributed by atoms with Crippen LogP contribution in [0.2, 0.25) is 0 Å². The van der Waals surface area contributed by atoms with Crippen LogP contribution in [-0.2, 0) is 4.79 Å². The molecule has 0 aromatic heterocycles. The molecule has 6 heteroatoms. The summed E-state index contributed by atoms with van der Waals surface area (Å²) in [5.41, 5.74) is 0.871. The highest BCUT2D eigenvalue weighted by Gasteiger charge is 2.30. The highest BCUT2D eigenvalue weighted by Crippen LogP contribution is 2.27. The number of hydrogen-bond acceptors (Lipinski definition) is 3. The number of carbonyl (C=O) groups excluding carboxylic acids is 2. The van der Waals surface area contributed by atoms with E-state index in [2.05, 4.69) is 5.32 Å². The fourth-order valence-corrected chi connectivity index (χ4v) is 4.22. The van der Waals surface area contributed by atoms with E-state index in [4.69, 9.17) is 0 Å². The molecule has 3 rings (SSSR count). The largest absolute Gasteiger partial charge is 0.388 e. The van der Waals surface area contributed by atoms with Crippen molar-refractivity contribution in [2.75, 3.05) is 26.7 Å². The van der Waals surface area contributed by atoms with Crippen LogP contribution in [0.15, 0.2) is 30.3 Å². The molecular weight excluding hydrogens is 354 g/mol. The van der Waals surface area contributed by atoms with Crippen LogP contribution >= 0.6 is 0 Å². The van der Waals surface area contributed by atoms with Crippen LogP contribution in [0.5, 0.6) is 0 Å². The van der Waals surface area contributed by atoms with Crippen LogP contribution in [0.3, 0.4) is 0 Å². The number of urea groups is 1. The summed E-state index contributed by atoms with van der Waals surface area (Å²) >= 11 is 0. The summed E-state index contributed by atoms with van der Waals surface area (Å²) in [6.45, 7) is 1.95. The van der Waals surface area contributed by atoms with Gasteiger partial charge in [-0.1, -0.05) is 43.2 Å². The highest BCUT2D eigenvalue weighted by atomic mass is 16.3. The molecule has 1 saturated heterocycles. The van der Waals surface area contributed by atoms with Crippen LogP contribution in [0, 0.1) is 5.92 Å². The number of aliphatic hydroxyl groups excluding tert-OH is 1. The van der Waals surface area contributed by atoms with Gasteiger partial charge in [-0.2, -0.15) is 0 Å². The number of piperidine rings is 1. The second kappa shape index (κ2) is 9.92. The fourth-order valence-electron chi connectivity index (χ4n) is 4.22. The summed E-state index contributed by atoms with van der Waals surface area (Å²) in [6.07, 6.45) is 5.98. The zero-order valence-corrected chi connectivity index (χ0v) is 16.8. The van der Waals surface area contributed by atoms with Gasteiger partial charge in [-0.15, -0.1) is 0 Å². The third kappa shape index (κ3) is 5.47. The molecule has 1 saturated carbocycles. The van der Waals surface area contributed by atoms with E-state index in [-0.39, 0.29) is 18.0 Å². The average Bonchev–Trinajstić information content (AvgIpc) is 3.27. The Balaban J connectivity index is 1.37. The molecule has 3 amide bonds. The molecule has 0 spiro atoms. The Bertz CT molecular complexity index is 638. The van der Waals surface area contributed by atoms with Crippen LogP contribution in [0.1, 0.15) is 56.6 Å². The molecule has 1 heterocycles. The van der Waals surface area contributed by atoms with Crippen molar-refractivity contribution in [2.24, 2.45) is 5.92 Å². The van der Waals surface area contributed by atoms with Gasteiger partial charge in [-0.25, -0.2) is 4.79 Å². The predicted molar refractivity (Wildman–Crippen MR) is 109 cm³/mol. The van der Waals surface area contributed by atoms with Crippen LogP contribution in [0.25, 0.3) is 0 Å². The molecule has 2 N–H and O–H groups in total. The second-order valence-electron chi connectivity index (χ2n) is 8.17. The topological polar surface area (TPSA) is 72.9 Å². The van der Waals surface area contributed by atoms with E-state index in [1.54, 1.807) is 11.9 Å². The van der Waals surface area contributed by atoms with E-state index in [9.17, 15) is 14.7 Å². The van der Waals surface area contributed by atoms with E-state index in [1.165, 1.54) is 12.8 Å². The van der Waals surface area contributed by atoms with E-state index >= 15 is 0 Å². The molecule has 6 nitrogen and oxygen atoms in total. The minimum atomic E-state index is -0.568. The number of likely N-dealkylation sites (tertiary alicyclic amines) is 1. The number of nitrogens with zero attached hydrogens (tertiary/aromatic N) is 2. The lowest BCUT2D eigenvalue weighted by atomic mass is 10.0. The summed E-state index contributed by atoms with van der Waals surface area (Å²) < 4.78 is 0. The standard InChI is InChI=1S/C22H33N3O3/c1-24(14-13-20(26)17-7-3-2-4-8-17)22(28)23-19-11-15-25(16-12-19)21(27)18-9-5-6-10-18/h2-4,7-8,18-20,26H,5-6,9-16H2,1H3,(H,23,28)/t20-/m1/s1. The smallest absolute Gasteiger partial charge is 0.317 e. The minimum absolute atomic E-state index is 0.110. The first-order valence-electron chi connectivity index (χ1n) is 10.6. The van der Waals surface area contributed by atoms with E-state index in [0.717, 1.165) is 44.3 Å². The van der Waals surface area contributed by atoms with Crippen molar-refractivity contribution in [1.29, 1.82) is 0 Å². The van der Waals surface area contributed by atoms with Gasteiger partial charge in [-0.05, 0) is 37.7 Å².